The van der Waals surface area contributed by atoms with Gasteiger partial charge in [0.15, 0.2) is 0 Å². The average molecular weight is 238 g/mol. The summed E-state index contributed by atoms with van der Waals surface area (Å²) in [6, 6.07) is 12.8. The lowest BCUT2D eigenvalue weighted by Gasteiger charge is -2.07. The zero-order chi connectivity index (χ0) is 12.6. The molecule has 1 aromatic carbocycles. The molecule has 0 atom stereocenters. The van der Waals surface area contributed by atoms with Crippen molar-refractivity contribution in [3.05, 3.63) is 66.4 Å². The Labute approximate surface area is 105 Å². The van der Waals surface area contributed by atoms with Crippen molar-refractivity contribution in [3.63, 3.8) is 0 Å². The average Bonchev–Trinajstić information content (AvgIpc) is 2.41. The number of para-hydroxylation sites is 1. The highest BCUT2D eigenvalue weighted by Crippen LogP contribution is 2.11. The summed E-state index contributed by atoms with van der Waals surface area (Å²) >= 11 is 0. The van der Waals surface area contributed by atoms with E-state index in [4.69, 9.17) is 11.3 Å². The molecule has 5 nitrogen and oxygen atoms in total. The number of hydrogen-bond acceptors (Lipinski definition) is 3. The summed E-state index contributed by atoms with van der Waals surface area (Å²) in [6.45, 7) is 6.77. The molecule has 2 aromatic rings. The van der Waals surface area contributed by atoms with E-state index >= 15 is 0 Å². The molecule has 0 bridgehead atoms. The minimum absolute atomic E-state index is 0.127. The number of aromatic nitrogens is 1. The Balaban J connectivity index is 2.11. The molecule has 88 valence electrons. The number of hydrogen-bond donors (Lipinski definition) is 1. The molecular weight excluding hydrogens is 228 g/mol. The molecule has 0 saturated heterocycles. The third-order valence-corrected chi connectivity index (χ3v) is 2.03. The van der Waals surface area contributed by atoms with Gasteiger partial charge in [0, 0.05) is 18.1 Å². The van der Waals surface area contributed by atoms with Gasteiger partial charge >= 0.3 is 6.02 Å². The van der Waals surface area contributed by atoms with E-state index in [-0.39, 0.29) is 6.02 Å². The van der Waals surface area contributed by atoms with Gasteiger partial charge in [-0.25, -0.2) is 0 Å². The maximum atomic E-state index is 6.77. The fourth-order valence-electron chi connectivity index (χ4n) is 1.28. The zero-order valence-corrected chi connectivity index (χ0v) is 9.45. The number of nitrogens with one attached hydrogen (secondary N) is 1. The second-order valence-electron chi connectivity index (χ2n) is 3.28. The Morgan fingerprint density at radius 1 is 1.17 bits per heavy atom. The lowest BCUT2D eigenvalue weighted by Crippen LogP contribution is -2.18. The van der Waals surface area contributed by atoms with E-state index in [1.807, 2.05) is 18.2 Å². The van der Waals surface area contributed by atoms with Gasteiger partial charge < -0.3 is 10.1 Å². The lowest BCUT2D eigenvalue weighted by molar-refractivity contribution is 0.549. The molecule has 0 aliphatic heterocycles. The molecule has 0 aliphatic carbocycles. The summed E-state index contributed by atoms with van der Waals surface area (Å²) in [5.74, 6) is 0.612. The fourth-order valence-corrected chi connectivity index (χ4v) is 1.28. The van der Waals surface area contributed by atoms with Gasteiger partial charge in [0.05, 0.1) is 0 Å². The van der Waals surface area contributed by atoms with E-state index in [0.29, 0.717) is 5.75 Å². The molecule has 1 heterocycles. The quantitative estimate of drug-likeness (QED) is 0.379. The summed E-state index contributed by atoms with van der Waals surface area (Å²) in [7, 11) is 0. The number of ether oxygens (including phenoxy) is 1. The standard InChI is InChI=1S/C13H10N4O/c1-14-17-13(16-11-7-9-15-10-8-11)18-12-5-3-2-4-6-12/h2-10H,(H,15,16,17). The van der Waals surface area contributed by atoms with Crippen molar-refractivity contribution in [3.8, 4) is 5.75 Å². The van der Waals surface area contributed by atoms with Crippen LogP contribution in [-0.4, -0.2) is 11.0 Å². The van der Waals surface area contributed by atoms with Crippen LogP contribution in [0, 0.1) is 6.57 Å². The van der Waals surface area contributed by atoms with Crippen molar-refractivity contribution in [2.24, 2.45) is 5.10 Å². The first-order valence-corrected chi connectivity index (χ1v) is 5.23. The van der Waals surface area contributed by atoms with Crippen molar-refractivity contribution in [1.82, 2.24) is 4.98 Å². The first-order chi connectivity index (χ1) is 8.88. The Morgan fingerprint density at radius 3 is 2.56 bits per heavy atom. The van der Waals surface area contributed by atoms with Gasteiger partial charge in [-0.2, -0.15) is 6.57 Å². The summed E-state index contributed by atoms with van der Waals surface area (Å²) in [4.78, 5) is 6.86. The van der Waals surface area contributed by atoms with Gasteiger partial charge in [-0.15, -0.1) is 4.95 Å². The number of anilines is 1. The Bertz CT molecular complexity index is 517. The normalized spacial score (nSPS) is 10.5. The molecule has 2 rings (SSSR count). The fraction of sp³-hybridized carbons (Fsp3) is 0. The Hall–Kier alpha value is -2.87. The Morgan fingerprint density at radius 2 is 1.89 bits per heavy atom. The molecule has 0 unspecified atom stereocenters. The van der Waals surface area contributed by atoms with Crippen molar-refractivity contribution in [2.75, 3.05) is 5.32 Å². The van der Waals surface area contributed by atoms with Gasteiger partial charge in [-0.05, 0) is 24.3 Å². The largest absolute Gasteiger partial charge is 0.421 e. The van der Waals surface area contributed by atoms with Gasteiger partial charge in [-0.1, -0.05) is 18.2 Å². The van der Waals surface area contributed by atoms with E-state index in [0.717, 1.165) is 5.69 Å². The van der Waals surface area contributed by atoms with Crippen molar-refractivity contribution < 1.29 is 4.74 Å². The highest BCUT2D eigenvalue weighted by Gasteiger charge is 2.06. The number of amidine groups is 1. The van der Waals surface area contributed by atoms with E-state index in [9.17, 15) is 0 Å². The van der Waals surface area contributed by atoms with Crippen LogP contribution in [0.15, 0.2) is 60.0 Å². The number of pyridine rings is 1. The maximum absolute atomic E-state index is 6.77. The van der Waals surface area contributed by atoms with E-state index < -0.39 is 0 Å². The van der Waals surface area contributed by atoms with Crippen LogP contribution in [0.1, 0.15) is 0 Å². The second kappa shape index (κ2) is 6.01. The molecule has 1 N–H and O–H groups in total. The van der Waals surface area contributed by atoms with E-state index in [1.165, 1.54) is 0 Å². The van der Waals surface area contributed by atoms with Gasteiger partial charge in [0.2, 0.25) is 0 Å². The van der Waals surface area contributed by atoms with Crippen molar-refractivity contribution in [1.29, 1.82) is 0 Å². The molecule has 5 heteroatoms. The molecule has 0 radical (unpaired) electrons. The molecule has 1 aromatic heterocycles. The zero-order valence-electron chi connectivity index (χ0n) is 9.45. The third kappa shape index (κ3) is 3.32. The van der Waals surface area contributed by atoms with Crippen molar-refractivity contribution in [2.45, 2.75) is 0 Å². The molecule has 18 heavy (non-hydrogen) atoms. The van der Waals surface area contributed by atoms with Gasteiger partial charge in [0.25, 0.3) is 0 Å². The maximum Gasteiger partial charge on any atom is 0.378 e. The predicted octanol–water partition coefficient (Wildman–Crippen LogP) is 2.76. The lowest BCUT2D eigenvalue weighted by atomic mass is 10.3. The highest BCUT2D eigenvalue weighted by atomic mass is 16.5. The topological polar surface area (TPSA) is 50.9 Å². The van der Waals surface area contributed by atoms with Crippen LogP contribution < -0.4 is 10.1 Å². The predicted molar refractivity (Wildman–Crippen MR) is 69.0 cm³/mol. The molecule has 0 aliphatic rings. The third-order valence-electron chi connectivity index (χ3n) is 2.03. The summed E-state index contributed by atoms with van der Waals surface area (Å²) in [5, 5.41) is 6.47. The van der Waals surface area contributed by atoms with Crippen LogP contribution in [0.2, 0.25) is 0 Å². The highest BCUT2D eigenvalue weighted by molar-refractivity contribution is 5.90. The number of nitrogens with zero attached hydrogens (tertiary/aromatic N) is 3. The first-order valence-electron chi connectivity index (χ1n) is 5.23. The number of rotatable bonds is 2. The summed E-state index contributed by atoms with van der Waals surface area (Å²) in [6.07, 6.45) is 3.28. The van der Waals surface area contributed by atoms with Gasteiger partial charge in [0.1, 0.15) is 10.9 Å². The van der Waals surface area contributed by atoms with Crippen LogP contribution in [-0.2, 0) is 0 Å². The molecule has 0 amide bonds. The molecule has 0 saturated carbocycles. The first kappa shape index (κ1) is 11.6. The number of benzene rings is 1. The van der Waals surface area contributed by atoms with Crippen LogP contribution in [0.4, 0.5) is 5.69 Å². The monoisotopic (exact) mass is 238 g/mol. The van der Waals surface area contributed by atoms with E-state index in [2.05, 4.69) is 20.4 Å². The minimum Gasteiger partial charge on any atom is -0.421 e. The second-order valence-corrected chi connectivity index (χ2v) is 3.28. The SMILES string of the molecule is [C-]#[N+]/N=C(/Nc1ccncc1)Oc1ccccc1. The molecular formula is C13H10N4O. The van der Waals surface area contributed by atoms with Crippen LogP contribution in [0.25, 0.3) is 4.95 Å². The van der Waals surface area contributed by atoms with Crippen molar-refractivity contribution >= 4 is 11.7 Å². The van der Waals surface area contributed by atoms with E-state index in [1.54, 1.807) is 36.7 Å². The Kier molecular flexibility index (Phi) is 3.88. The van der Waals surface area contributed by atoms with Crippen LogP contribution in [0.3, 0.4) is 0 Å². The summed E-state index contributed by atoms with van der Waals surface area (Å²) in [5.41, 5.74) is 0.753. The van der Waals surface area contributed by atoms with Gasteiger partial charge in [-0.3, -0.25) is 4.98 Å². The van der Waals surface area contributed by atoms with Crippen LogP contribution >= 0.6 is 0 Å². The smallest absolute Gasteiger partial charge is 0.378 e. The summed E-state index contributed by atoms with van der Waals surface area (Å²) < 4.78 is 5.46. The molecule has 0 spiro atoms. The molecule has 0 fully saturated rings. The van der Waals surface area contributed by atoms with Crippen LogP contribution in [0.5, 0.6) is 5.75 Å². The minimum atomic E-state index is 0.127.